The summed E-state index contributed by atoms with van der Waals surface area (Å²) >= 11 is 0. The van der Waals surface area contributed by atoms with Crippen LogP contribution in [0.25, 0.3) is 0 Å². The molecule has 1 N–H and O–H groups in total. The molecule has 2 saturated heterocycles. The van der Waals surface area contributed by atoms with E-state index in [0.717, 1.165) is 6.92 Å². The van der Waals surface area contributed by atoms with Crippen LogP contribution in [0.3, 0.4) is 0 Å². The Kier molecular flexibility index (Phi) is 2.73. The molecule has 2 heterocycles. The Labute approximate surface area is 113 Å². The largest absolute Gasteiger partial charge is 0.365 e. The van der Waals surface area contributed by atoms with E-state index in [1.54, 1.807) is 0 Å². The van der Waals surface area contributed by atoms with Crippen LogP contribution in [-0.4, -0.2) is 40.0 Å². The molecule has 3 fully saturated rings. The molecule has 0 bridgehead atoms. The molecule has 0 radical (unpaired) electrons. The predicted octanol–water partition coefficient (Wildman–Crippen LogP) is 2.24. The minimum Gasteiger partial charge on any atom is -0.365 e. The van der Waals surface area contributed by atoms with E-state index in [2.05, 4.69) is 0 Å². The summed E-state index contributed by atoms with van der Waals surface area (Å²) in [6.45, 7) is 0.466. The van der Waals surface area contributed by atoms with Gasteiger partial charge in [0.15, 0.2) is 0 Å². The van der Waals surface area contributed by atoms with Gasteiger partial charge in [0, 0.05) is 24.3 Å². The lowest BCUT2D eigenvalue weighted by Gasteiger charge is -2.52. The molecule has 3 aliphatic rings. The van der Waals surface area contributed by atoms with Crippen LogP contribution in [-0.2, 0) is 4.79 Å². The number of carbonyl (C=O) groups is 1. The van der Waals surface area contributed by atoms with E-state index < -0.39 is 47.8 Å². The average Bonchev–Trinajstić information content (AvgIpc) is 2.61. The summed E-state index contributed by atoms with van der Waals surface area (Å²) in [6.07, 6.45) is 1.85. The van der Waals surface area contributed by atoms with E-state index in [0.29, 0.717) is 24.2 Å². The Bertz CT molecular complexity index is 456. The molecule has 114 valence electrons. The van der Waals surface area contributed by atoms with Gasteiger partial charge in [-0.05, 0) is 12.8 Å². The molecular weight excluding hydrogens is 278 g/mol. The molecule has 20 heavy (non-hydrogen) atoms. The minimum atomic E-state index is -4.62. The van der Waals surface area contributed by atoms with Gasteiger partial charge in [-0.2, -0.15) is 17.6 Å². The molecule has 2 unspecified atom stereocenters. The number of halogens is 4. The summed E-state index contributed by atoms with van der Waals surface area (Å²) in [7, 11) is 0. The number of hydrogen-bond donors (Lipinski definition) is 1. The van der Waals surface area contributed by atoms with Crippen molar-refractivity contribution in [3.63, 3.8) is 0 Å². The molecule has 0 spiro atoms. The van der Waals surface area contributed by atoms with Gasteiger partial charge in [-0.1, -0.05) is 19.8 Å². The van der Waals surface area contributed by atoms with Crippen molar-refractivity contribution in [2.24, 2.45) is 17.8 Å². The molecule has 2 aliphatic heterocycles. The molecule has 4 atom stereocenters. The first-order valence-electron chi connectivity index (χ1n) is 6.95. The van der Waals surface area contributed by atoms with Crippen LogP contribution in [0.5, 0.6) is 0 Å². The van der Waals surface area contributed by atoms with Gasteiger partial charge in [-0.25, -0.2) is 0 Å². The number of alkyl halides is 4. The summed E-state index contributed by atoms with van der Waals surface area (Å²) in [6, 6.07) is 0. The molecule has 1 aliphatic carbocycles. The van der Waals surface area contributed by atoms with E-state index in [4.69, 9.17) is 0 Å². The molecule has 0 aromatic heterocycles. The molecule has 1 amide bonds. The van der Waals surface area contributed by atoms with Crippen LogP contribution < -0.4 is 0 Å². The third-order valence-electron chi connectivity index (χ3n) is 5.23. The first-order chi connectivity index (χ1) is 9.15. The first-order valence-corrected chi connectivity index (χ1v) is 6.95. The molecule has 0 aromatic rings. The Morgan fingerprint density at radius 1 is 1.20 bits per heavy atom. The quantitative estimate of drug-likeness (QED) is 0.696. The Balaban J connectivity index is 2.12. The van der Waals surface area contributed by atoms with Crippen molar-refractivity contribution in [3.05, 3.63) is 0 Å². The second-order valence-corrected chi connectivity index (χ2v) is 6.27. The Morgan fingerprint density at radius 2 is 1.80 bits per heavy atom. The van der Waals surface area contributed by atoms with Crippen LogP contribution in [0.15, 0.2) is 0 Å². The normalized spacial score (nSPS) is 46.0. The van der Waals surface area contributed by atoms with Gasteiger partial charge in [-0.15, -0.1) is 0 Å². The fourth-order valence-corrected chi connectivity index (χ4v) is 4.05. The van der Waals surface area contributed by atoms with Crippen LogP contribution in [0.1, 0.15) is 32.6 Å². The summed E-state index contributed by atoms with van der Waals surface area (Å²) in [5, 5.41) is 10.4. The topological polar surface area (TPSA) is 40.5 Å². The van der Waals surface area contributed by atoms with Crippen molar-refractivity contribution in [1.29, 1.82) is 0 Å². The molecule has 3 rings (SSSR count). The summed E-state index contributed by atoms with van der Waals surface area (Å²) in [5.74, 6) is -13.1. The maximum absolute atomic E-state index is 14.3. The van der Waals surface area contributed by atoms with E-state index in [-0.39, 0.29) is 6.42 Å². The van der Waals surface area contributed by atoms with E-state index in [9.17, 15) is 27.5 Å². The summed E-state index contributed by atoms with van der Waals surface area (Å²) < 4.78 is 56.4. The van der Waals surface area contributed by atoms with Crippen LogP contribution in [0.2, 0.25) is 0 Å². The number of nitrogens with zero attached hydrogens (tertiary/aromatic N) is 1. The maximum atomic E-state index is 14.3. The first kappa shape index (κ1) is 14.1. The standard InChI is InChI=1S/C13H17F4NO2/c1-7-6-18-10(19)8-4-2-3-5-9(8)12(18,20)13(16,17)11(7,14)15/h7-9,20H,2-6H2,1H3/t7?,8-,9+,12?/m1/s1. The fraction of sp³-hybridized carbons (Fsp3) is 0.923. The molecule has 3 nitrogen and oxygen atoms in total. The highest BCUT2D eigenvalue weighted by Crippen LogP contribution is 2.61. The number of amides is 1. The molecule has 0 aromatic carbocycles. The lowest BCUT2D eigenvalue weighted by atomic mass is 9.71. The average molecular weight is 295 g/mol. The van der Waals surface area contributed by atoms with E-state index in [1.807, 2.05) is 0 Å². The summed E-state index contributed by atoms with van der Waals surface area (Å²) in [4.78, 5) is 12.8. The highest BCUT2D eigenvalue weighted by atomic mass is 19.3. The van der Waals surface area contributed by atoms with Gasteiger partial charge in [0.05, 0.1) is 0 Å². The number of carbonyl (C=O) groups excluding carboxylic acids is 1. The van der Waals surface area contributed by atoms with E-state index >= 15 is 0 Å². The van der Waals surface area contributed by atoms with Gasteiger partial charge in [0.1, 0.15) is 0 Å². The maximum Gasteiger partial charge on any atom is 0.357 e. The zero-order valence-electron chi connectivity index (χ0n) is 11.1. The highest BCUT2D eigenvalue weighted by Gasteiger charge is 2.81. The number of aliphatic hydroxyl groups is 1. The lowest BCUT2D eigenvalue weighted by molar-refractivity contribution is -0.373. The Morgan fingerprint density at radius 3 is 2.45 bits per heavy atom. The van der Waals surface area contributed by atoms with Crippen LogP contribution >= 0.6 is 0 Å². The molecule has 1 saturated carbocycles. The van der Waals surface area contributed by atoms with Crippen molar-refractivity contribution < 1.29 is 27.5 Å². The van der Waals surface area contributed by atoms with Crippen molar-refractivity contribution in [3.8, 4) is 0 Å². The van der Waals surface area contributed by atoms with Crippen LogP contribution in [0.4, 0.5) is 17.6 Å². The highest BCUT2D eigenvalue weighted by molar-refractivity contribution is 5.83. The van der Waals surface area contributed by atoms with Crippen molar-refractivity contribution in [1.82, 2.24) is 4.90 Å². The van der Waals surface area contributed by atoms with E-state index in [1.165, 1.54) is 0 Å². The number of piperidine rings is 1. The Hall–Kier alpha value is -0.850. The van der Waals surface area contributed by atoms with Gasteiger partial charge in [0.2, 0.25) is 11.6 Å². The zero-order chi connectivity index (χ0) is 14.9. The third kappa shape index (κ3) is 1.32. The molecule has 7 heteroatoms. The fourth-order valence-electron chi connectivity index (χ4n) is 4.05. The van der Waals surface area contributed by atoms with Gasteiger partial charge >= 0.3 is 11.8 Å². The number of fused-ring (bicyclic) bond motifs is 3. The number of rotatable bonds is 0. The SMILES string of the molecule is CC1CN2C(=O)[C@@H]3CCCC[C@@H]3C2(O)C(F)(F)C1(F)F. The molecular formula is C13H17F4NO2. The predicted molar refractivity (Wildman–Crippen MR) is 61.2 cm³/mol. The van der Waals surface area contributed by atoms with Crippen molar-refractivity contribution >= 4 is 5.91 Å². The van der Waals surface area contributed by atoms with Gasteiger partial charge < -0.3 is 10.0 Å². The van der Waals surface area contributed by atoms with Gasteiger partial charge in [-0.3, -0.25) is 4.79 Å². The smallest absolute Gasteiger partial charge is 0.357 e. The monoisotopic (exact) mass is 295 g/mol. The zero-order valence-corrected chi connectivity index (χ0v) is 11.1. The third-order valence-corrected chi connectivity index (χ3v) is 5.23. The van der Waals surface area contributed by atoms with Crippen LogP contribution in [0, 0.1) is 17.8 Å². The van der Waals surface area contributed by atoms with Crippen molar-refractivity contribution in [2.75, 3.05) is 6.54 Å². The summed E-state index contributed by atoms with van der Waals surface area (Å²) in [5.41, 5.74) is -3.04. The lowest BCUT2D eigenvalue weighted by Crippen LogP contribution is -2.74. The van der Waals surface area contributed by atoms with Crippen molar-refractivity contribution in [2.45, 2.75) is 50.2 Å². The number of hydrogen-bond acceptors (Lipinski definition) is 2. The minimum absolute atomic E-state index is 0.184. The second kappa shape index (κ2) is 3.87. The second-order valence-electron chi connectivity index (χ2n) is 6.27. The van der Waals surface area contributed by atoms with Gasteiger partial charge in [0.25, 0.3) is 0 Å².